The van der Waals surface area contributed by atoms with Crippen molar-refractivity contribution in [1.82, 2.24) is 9.97 Å². The minimum Gasteiger partial charge on any atom is -0.433 e. The molecule has 18 heavy (non-hydrogen) atoms. The Morgan fingerprint density at radius 3 is 3.00 bits per heavy atom. The largest absolute Gasteiger partial charge is 0.433 e. The van der Waals surface area contributed by atoms with Gasteiger partial charge in [0.1, 0.15) is 12.2 Å². The fourth-order valence-corrected chi connectivity index (χ4v) is 1.47. The number of hydrogen-bond donors (Lipinski definition) is 4. The molecule has 0 bridgehead atoms. The van der Waals surface area contributed by atoms with E-state index in [-0.39, 0.29) is 12.6 Å². The fourth-order valence-electron chi connectivity index (χ4n) is 1.47. The van der Waals surface area contributed by atoms with Crippen molar-refractivity contribution in [3.05, 3.63) is 22.4 Å². The second-order valence-electron chi connectivity index (χ2n) is 3.82. The smallest absolute Gasteiger partial charge is 0.298 e. The van der Waals surface area contributed by atoms with Gasteiger partial charge in [-0.25, -0.2) is 4.98 Å². The number of aromatic amines is 1. The zero-order valence-electron chi connectivity index (χ0n) is 9.12. The molecule has 0 saturated carbocycles. The van der Waals surface area contributed by atoms with E-state index in [0.29, 0.717) is 6.20 Å². The molecule has 8 nitrogen and oxygen atoms in total. The molecule has 1 aromatic rings. The zero-order chi connectivity index (χ0) is 13.3. The summed E-state index contributed by atoms with van der Waals surface area (Å²) in [5.74, 6) is -1.05. The predicted octanol–water partition coefficient (Wildman–Crippen LogP) is -2.31. The van der Waals surface area contributed by atoms with Crippen molar-refractivity contribution in [3.63, 3.8) is 0 Å². The molecule has 2 rings (SSSR count). The van der Waals surface area contributed by atoms with Gasteiger partial charge in [0.25, 0.3) is 11.6 Å². The van der Waals surface area contributed by atoms with Crippen LogP contribution in [0.1, 0.15) is 0 Å². The molecule has 2 heterocycles. The van der Waals surface area contributed by atoms with Gasteiger partial charge >= 0.3 is 0 Å². The van der Waals surface area contributed by atoms with Crippen LogP contribution in [0.15, 0.2) is 11.0 Å². The van der Waals surface area contributed by atoms with Crippen LogP contribution in [-0.4, -0.2) is 51.3 Å². The molecule has 0 amide bonds. The van der Waals surface area contributed by atoms with Gasteiger partial charge in [0.2, 0.25) is 12.1 Å². The summed E-state index contributed by atoms with van der Waals surface area (Å²) in [5.41, 5.74) is 4.58. The molecule has 1 aliphatic rings. The highest BCUT2D eigenvalue weighted by Crippen LogP contribution is 2.15. The molecule has 0 spiro atoms. The summed E-state index contributed by atoms with van der Waals surface area (Å²) < 4.78 is 22.8. The number of nitrogens with two attached hydrogens (primary N) is 1. The van der Waals surface area contributed by atoms with Crippen molar-refractivity contribution in [2.75, 3.05) is 6.61 Å². The van der Waals surface area contributed by atoms with E-state index in [4.69, 9.17) is 15.2 Å². The van der Waals surface area contributed by atoms with Crippen LogP contribution in [-0.2, 0) is 4.74 Å². The van der Waals surface area contributed by atoms with Gasteiger partial charge in [0, 0.05) is 0 Å². The molecule has 5 N–H and O–H groups in total. The first-order chi connectivity index (χ1) is 8.49. The van der Waals surface area contributed by atoms with Gasteiger partial charge in [-0.05, 0) is 0 Å². The lowest BCUT2D eigenvalue weighted by molar-refractivity contribution is -0.196. The molecular formula is C9H12FN3O5. The third-order valence-corrected chi connectivity index (χ3v) is 2.49. The van der Waals surface area contributed by atoms with Gasteiger partial charge < -0.3 is 25.4 Å². The van der Waals surface area contributed by atoms with E-state index in [2.05, 4.69) is 4.98 Å². The van der Waals surface area contributed by atoms with Crippen molar-refractivity contribution < 1.29 is 24.1 Å². The quantitative estimate of drug-likeness (QED) is 0.470. The number of H-pyrrole nitrogens is 1. The van der Waals surface area contributed by atoms with Gasteiger partial charge in [-0.2, -0.15) is 4.39 Å². The zero-order valence-corrected chi connectivity index (χ0v) is 9.12. The molecule has 0 unspecified atom stereocenters. The van der Waals surface area contributed by atoms with Gasteiger partial charge in [-0.1, -0.05) is 0 Å². The third kappa shape index (κ3) is 2.48. The lowest BCUT2D eigenvalue weighted by Gasteiger charge is -2.35. The lowest BCUT2D eigenvalue weighted by atomic mass is 10.0. The van der Waals surface area contributed by atoms with Gasteiger partial charge in [-0.3, -0.25) is 9.78 Å². The lowest BCUT2D eigenvalue weighted by Crippen LogP contribution is -2.59. The summed E-state index contributed by atoms with van der Waals surface area (Å²) in [6.45, 7) is -0.176. The minimum atomic E-state index is -1.23. The number of aliphatic hydroxyl groups excluding tert-OH is 2. The number of rotatable bonds is 2. The number of aromatic nitrogens is 2. The number of nitrogens with one attached hydrogen (secondary N) is 1. The van der Waals surface area contributed by atoms with Crippen LogP contribution >= 0.6 is 0 Å². The van der Waals surface area contributed by atoms with Crippen LogP contribution < -0.4 is 16.0 Å². The summed E-state index contributed by atoms with van der Waals surface area (Å²) in [6.07, 6.45) is -2.75. The Kier molecular flexibility index (Phi) is 3.57. The summed E-state index contributed by atoms with van der Waals surface area (Å²) in [7, 11) is 0. The first kappa shape index (κ1) is 12.9. The number of nitrogens with zero attached hydrogens (tertiary/aromatic N) is 1. The second kappa shape index (κ2) is 4.98. The normalized spacial score (nSPS) is 32.2. The highest BCUT2D eigenvalue weighted by Gasteiger charge is 2.38. The fraction of sp³-hybridized carbons (Fsp3) is 0.556. The molecule has 1 aromatic heterocycles. The Labute approximate surface area is 100 Å². The topological polar surface area (TPSA) is 131 Å². The standard InChI is InChI=1S/C9H12FN3O5/c10-3-1-12-9(13-7(3)16)18-8-5(11)6(15)4(14)2-17-8/h1,4-6,8,14-15H,2,11H2,(H,12,13,16)/t4-,5-,6-,8+/m1/s1. The van der Waals surface area contributed by atoms with Crippen molar-refractivity contribution >= 4 is 0 Å². The van der Waals surface area contributed by atoms with Crippen molar-refractivity contribution in [1.29, 1.82) is 0 Å². The first-order valence-electron chi connectivity index (χ1n) is 5.14. The molecule has 9 heteroatoms. The van der Waals surface area contributed by atoms with Crippen LogP contribution in [0.3, 0.4) is 0 Å². The highest BCUT2D eigenvalue weighted by molar-refractivity contribution is 4.98. The number of ether oxygens (including phenoxy) is 2. The number of hydrogen-bond acceptors (Lipinski definition) is 7. The van der Waals surface area contributed by atoms with Gasteiger partial charge in [-0.15, -0.1) is 0 Å². The Hall–Kier alpha value is -1.55. The highest BCUT2D eigenvalue weighted by atomic mass is 19.1. The van der Waals surface area contributed by atoms with E-state index in [0.717, 1.165) is 0 Å². The molecule has 0 aromatic carbocycles. The van der Waals surface area contributed by atoms with E-state index < -0.39 is 35.9 Å². The van der Waals surface area contributed by atoms with Gasteiger partial charge in [0.15, 0.2) is 0 Å². The monoisotopic (exact) mass is 261 g/mol. The van der Waals surface area contributed by atoms with Gasteiger partial charge in [0.05, 0.1) is 18.8 Å². The van der Waals surface area contributed by atoms with Crippen molar-refractivity contribution in [2.45, 2.75) is 24.5 Å². The molecule has 0 radical (unpaired) electrons. The second-order valence-corrected chi connectivity index (χ2v) is 3.82. The SMILES string of the molecule is N[C@H]1[C@H](Oc2ncc(F)c(=O)[nH]2)OC[C@@H](O)[C@H]1O. The Morgan fingerprint density at radius 1 is 1.61 bits per heavy atom. The Bertz CT molecular complexity index is 482. The summed E-state index contributed by atoms with van der Waals surface area (Å²) in [4.78, 5) is 16.5. The predicted molar refractivity (Wildman–Crippen MR) is 55.2 cm³/mol. The minimum absolute atomic E-state index is 0.176. The molecule has 0 aliphatic carbocycles. The summed E-state index contributed by atoms with van der Waals surface area (Å²) in [6, 6.07) is -1.31. The molecule has 4 atom stereocenters. The van der Waals surface area contributed by atoms with Crippen LogP contribution in [0, 0.1) is 5.82 Å². The van der Waals surface area contributed by atoms with Crippen molar-refractivity contribution in [2.24, 2.45) is 5.73 Å². The van der Waals surface area contributed by atoms with Crippen LogP contribution in [0.2, 0.25) is 0 Å². The van der Waals surface area contributed by atoms with E-state index >= 15 is 0 Å². The average Bonchev–Trinajstić information content (AvgIpc) is 2.34. The molecule has 1 aliphatic heterocycles. The molecule has 100 valence electrons. The van der Waals surface area contributed by atoms with E-state index in [1.54, 1.807) is 0 Å². The summed E-state index contributed by atoms with van der Waals surface area (Å²) >= 11 is 0. The molecular weight excluding hydrogens is 249 g/mol. The van der Waals surface area contributed by atoms with Crippen LogP contribution in [0.5, 0.6) is 6.01 Å². The van der Waals surface area contributed by atoms with Crippen LogP contribution in [0.4, 0.5) is 4.39 Å². The number of halogens is 1. The maximum absolute atomic E-state index is 12.7. The number of aliphatic hydroxyl groups is 2. The maximum atomic E-state index is 12.7. The Morgan fingerprint density at radius 2 is 2.33 bits per heavy atom. The first-order valence-corrected chi connectivity index (χ1v) is 5.14. The maximum Gasteiger partial charge on any atom is 0.298 e. The summed E-state index contributed by atoms with van der Waals surface area (Å²) in [5, 5.41) is 18.8. The van der Waals surface area contributed by atoms with E-state index in [1.165, 1.54) is 0 Å². The van der Waals surface area contributed by atoms with Crippen LogP contribution in [0.25, 0.3) is 0 Å². The van der Waals surface area contributed by atoms with Crippen molar-refractivity contribution in [3.8, 4) is 6.01 Å². The Balaban J connectivity index is 2.09. The van der Waals surface area contributed by atoms with E-state index in [1.807, 2.05) is 4.98 Å². The molecule has 1 fully saturated rings. The average molecular weight is 261 g/mol. The molecule has 1 saturated heterocycles. The third-order valence-electron chi connectivity index (χ3n) is 2.49. The van der Waals surface area contributed by atoms with E-state index in [9.17, 15) is 19.4 Å².